The van der Waals surface area contributed by atoms with Crippen LogP contribution in [0.25, 0.3) is 0 Å². The van der Waals surface area contributed by atoms with Gasteiger partial charge in [-0.05, 0) is 23.8 Å². The molecule has 0 radical (unpaired) electrons. The quantitative estimate of drug-likeness (QED) is 0.910. The first-order chi connectivity index (χ1) is 9.65. The third-order valence-corrected chi connectivity index (χ3v) is 3.58. The fourth-order valence-electron chi connectivity index (χ4n) is 2.41. The molecule has 2 aromatic carbocycles. The molecule has 1 heterocycles. The van der Waals surface area contributed by atoms with Gasteiger partial charge in [-0.15, -0.1) is 0 Å². The van der Waals surface area contributed by atoms with Gasteiger partial charge >= 0.3 is 5.97 Å². The van der Waals surface area contributed by atoms with Crippen molar-refractivity contribution in [3.8, 4) is 0 Å². The lowest BCUT2D eigenvalue weighted by Crippen LogP contribution is -2.32. The lowest BCUT2D eigenvalue weighted by atomic mass is 10.1. The minimum absolute atomic E-state index is 0.489. The molecule has 0 saturated carbocycles. The predicted octanol–water partition coefficient (Wildman–Crippen LogP) is 3.31. The van der Waals surface area contributed by atoms with Crippen molar-refractivity contribution < 1.29 is 9.90 Å². The molecule has 0 bridgehead atoms. The van der Waals surface area contributed by atoms with Gasteiger partial charge in [0, 0.05) is 17.1 Å². The highest BCUT2D eigenvalue weighted by atomic mass is 35.5. The number of hydrazine groups is 1. The van der Waals surface area contributed by atoms with Crippen LogP contribution in [-0.4, -0.2) is 16.1 Å². The molecule has 0 aliphatic carbocycles. The predicted molar refractivity (Wildman–Crippen MR) is 77.4 cm³/mol. The molecule has 0 saturated heterocycles. The Morgan fingerprint density at radius 3 is 2.60 bits per heavy atom. The summed E-state index contributed by atoms with van der Waals surface area (Å²) in [6.07, 6.45) is 0. The Morgan fingerprint density at radius 2 is 1.90 bits per heavy atom. The van der Waals surface area contributed by atoms with Crippen LogP contribution in [0.5, 0.6) is 0 Å². The summed E-state index contributed by atoms with van der Waals surface area (Å²) in [5, 5.41) is 11.8. The lowest BCUT2D eigenvalue weighted by Gasteiger charge is -2.21. The number of para-hydroxylation sites is 1. The number of hydrogen-bond acceptors (Lipinski definition) is 3. The summed E-state index contributed by atoms with van der Waals surface area (Å²) < 4.78 is 0. The number of carboxylic acids is 1. The smallest absolute Gasteiger partial charge is 0.327 e. The highest BCUT2D eigenvalue weighted by Crippen LogP contribution is 2.35. The molecule has 1 atom stereocenters. The summed E-state index contributed by atoms with van der Waals surface area (Å²) in [6, 6.07) is 14.2. The van der Waals surface area contributed by atoms with E-state index in [0.29, 0.717) is 11.6 Å². The summed E-state index contributed by atoms with van der Waals surface area (Å²) in [4.78, 5) is 11.5. The number of aliphatic carboxylic acids is 1. The summed E-state index contributed by atoms with van der Waals surface area (Å²) in [7, 11) is 0. The molecule has 1 unspecified atom stereocenters. The van der Waals surface area contributed by atoms with Crippen LogP contribution in [0.2, 0.25) is 5.02 Å². The monoisotopic (exact) mass is 288 g/mol. The van der Waals surface area contributed by atoms with E-state index in [0.717, 1.165) is 16.8 Å². The number of benzene rings is 2. The number of anilines is 1. The molecule has 1 aliphatic heterocycles. The third kappa shape index (κ3) is 2.35. The van der Waals surface area contributed by atoms with E-state index >= 15 is 0 Å². The van der Waals surface area contributed by atoms with Crippen molar-refractivity contribution in [3.05, 3.63) is 64.7 Å². The highest BCUT2D eigenvalue weighted by Gasteiger charge is 2.35. The van der Waals surface area contributed by atoms with E-state index in [2.05, 4.69) is 5.43 Å². The molecule has 4 nitrogen and oxygen atoms in total. The Balaban J connectivity index is 1.87. The Morgan fingerprint density at radius 1 is 1.20 bits per heavy atom. The molecule has 2 N–H and O–H groups in total. The van der Waals surface area contributed by atoms with Gasteiger partial charge in [0.25, 0.3) is 0 Å². The fourth-order valence-corrected chi connectivity index (χ4v) is 2.53. The second kappa shape index (κ2) is 5.15. The fraction of sp³-hybridized carbons (Fsp3) is 0.133. The maximum absolute atomic E-state index is 11.5. The van der Waals surface area contributed by atoms with Crippen LogP contribution >= 0.6 is 11.6 Å². The van der Waals surface area contributed by atoms with E-state index in [1.807, 2.05) is 36.4 Å². The summed E-state index contributed by atoms with van der Waals surface area (Å²) in [5.74, 6) is -0.864. The molecule has 1 aliphatic rings. The van der Waals surface area contributed by atoms with Gasteiger partial charge in [-0.25, -0.2) is 5.01 Å². The standard InChI is InChI=1S/C15H13ClN2O2/c16-11-7-5-10(6-8-11)9-18-14(15(19)20)12-3-1-2-4-13(12)17-18/h1-8,14,17H,9H2,(H,19,20). The number of fused-ring (bicyclic) bond motifs is 1. The van der Waals surface area contributed by atoms with Crippen LogP contribution in [0, 0.1) is 0 Å². The SMILES string of the molecule is O=C(O)C1c2ccccc2NN1Cc1ccc(Cl)cc1. The Labute approximate surface area is 121 Å². The van der Waals surface area contributed by atoms with Crippen LogP contribution in [0.15, 0.2) is 48.5 Å². The largest absolute Gasteiger partial charge is 0.480 e. The van der Waals surface area contributed by atoms with E-state index in [4.69, 9.17) is 11.6 Å². The van der Waals surface area contributed by atoms with Gasteiger partial charge in [-0.2, -0.15) is 0 Å². The van der Waals surface area contributed by atoms with Gasteiger partial charge in [-0.3, -0.25) is 4.79 Å². The van der Waals surface area contributed by atoms with Crippen molar-refractivity contribution in [2.24, 2.45) is 0 Å². The first-order valence-corrected chi connectivity index (χ1v) is 6.62. The number of halogens is 1. The maximum Gasteiger partial charge on any atom is 0.327 e. The normalized spacial score (nSPS) is 17.6. The first-order valence-electron chi connectivity index (χ1n) is 6.24. The van der Waals surface area contributed by atoms with Crippen LogP contribution in [-0.2, 0) is 11.3 Å². The van der Waals surface area contributed by atoms with E-state index in [-0.39, 0.29) is 0 Å². The molecule has 2 aromatic rings. The number of nitrogens with one attached hydrogen (secondary N) is 1. The van der Waals surface area contributed by atoms with Crippen molar-refractivity contribution >= 4 is 23.3 Å². The Bertz CT molecular complexity index is 643. The van der Waals surface area contributed by atoms with Crippen LogP contribution < -0.4 is 5.43 Å². The van der Waals surface area contributed by atoms with Gasteiger partial charge in [0.2, 0.25) is 0 Å². The minimum atomic E-state index is -0.864. The average molecular weight is 289 g/mol. The molecular weight excluding hydrogens is 276 g/mol. The number of rotatable bonds is 3. The zero-order valence-corrected chi connectivity index (χ0v) is 11.3. The van der Waals surface area contributed by atoms with Crippen molar-refractivity contribution in [3.63, 3.8) is 0 Å². The van der Waals surface area contributed by atoms with Gasteiger partial charge in [0.05, 0.1) is 5.69 Å². The molecule has 0 spiro atoms. The highest BCUT2D eigenvalue weighted by molar-refractivity contribution is 6.30. The Hall–Kier alpha value is -2.04. The van der Waals surface area contributed by atoms with E-state index in [9.17, 15) is 9.90 Å². The molecule has 5 heteroatoms. The third-order valence-electron chi connectivity index (χ3n) is 3.33. The van der Waals surface area contributed by atoms with E-state index in [1.165, 1.54) is 0 Å². The number of carboxylic acid groups (broad SMARTS) is 1. The summed E-state index contributed by atoms with van der Waals surface area (Å²) in [5.41, 5.74) is 5.78. The molecule has 102 valence electrons. The van der Waals surface area contributed by atoms with Gasteiger partial charge in [-0.1, -0.05) is 41.9 Å². The van der Waals surface area contributed by atoms with E-state index < -0.39 is 12.0 Å². The van der Waals surface area contributed by atoms with Crippen molar-refractivity contribution in [1.82, 2.24) is 5.01 Å². The first kappa shape index (κ1) is 13.0. The van der Waals surface area contributed by atoms with Gasteiger partial charge < -0.3 is 10.5 Å². The summed E-state index contributed by atoms with van der Waals surface area (Å²) >= 11 is 5.86. The van der Waals surface area contributed by atoms with Crippen molar-refractivity contribution in [2.45, 2.75) is 12.6 Å². The van der Waals surface area contributed by atoms with Crippen molar-refractivity contribution in [2.75, 3.05) is 5.43 Å². The number of hydrogen-bond donors (Lipinski definition) is 2. The van der Waals surface area contributed by atoms with Crippen LogP contribution in [0.3, 0.4) is 0 Å². The molecule has 0 fully saturated rings. The van der Waals surface area contributed by atoms with Gasteiger partial charge in [0.1, 0.15) is 0 Å². The Kier molecular flexibility index (Phi) is 3.34. The number of carbonyl (C=O) groups is 1. The lowest BCUT2D eigenvalue weighted by molar-refractivity contribution is -0.142. The topological polar surface area (TPSA) is 52.6 Å². The van der Waals surface area contributed by atoms with E-state index in [1.54, 1.807) is 17.1 Å². The second-order valence-corrected chi connectivity index (χ2v) is 5.13. The van der Waals surface area contributed by atoms with Crippen molar-refractivity contribution in [1.29, 1.82) is 0 Å². The van der Waals surface area contributed by atoms with Crippen LogP contribution in [0.1, 0.15) is 17.2 Å². The molecule has 0 aromatic heterocycles. The molecular formula is C15H13ClN2O2. The zero-order chi connectivity index (χ0) is 14.1. The minimum Gasteiger partial charge on any atom is -0.480 e. The zero-order valence-electron chi connectivity index (χ0n) is 10.6. The molecule has 20 heavy (non-hydrogen) atoms. The van der Waals surface area contributed by atoms with Gasteiger partial charge in [0.15, 0.2) is 6.04 Å². The van der Waals surface area contributed by atoms with Crippen LogP contribution in [0.4, 0.5) is 5.69 Å². The molecule has 0 amide bonds. The summed E-state index contributed by atoms with van der Waals surface area (Å²) in [6.45, 7) is 0.489. The molecule has 3 rings (SSSR count). The number of nitrogens with zero attached hydrogens (tertiary/aromatic N) is 1. The maximum atomic E-state index is 11.5. The average Bonchev–Trinajstić information content (AvgIpc) is 2.79. The second-order valence-electron chi connectivity index (χ2n) is 4.69.